The van der Waals surface area contributed by atoms with Crippen LogP contribution >= 0.6 is 0 Å². The van der Waals surface area contributed by atoms with Gasteiger partial charge in [-0.05, 0) is 82.8 Å². The van der Waals surface area contributed by atoms with Crippen LogP contribution in [0.4, 0.5) is 5.82 Å². The van der Waals surface area contributed by atoms with Crippen molar-refractivity contribution in [3.05, 3.63) is 41.3 Å². The lowest BCUT2D eigenvalue weighted by Crippen LogP contribution is -2.61. The van der Waals surface area contributed by atoms with Crippen LogP contribution in [0.25, 0.3) is 27.9 Å². The molecular formula is C28H37N7. The first-order chi connectivity index (χ1) is 16.8. The molecule has 0 saturated carbocycles. The van der Waals surface area contributed by atoms with Crippen LogP contribution in [0.15, 0.2) is 24.7 Å². The number of fused-ring (bicyclic) bond motifs is 2. The fourth-order valence-corrected chi connectivity index (χ4v) is 6.24. The minimum atomic E-state index is 0.343. The second-order valence-electron chi connectivity index (χ2n) is 11.4. The number of piperidine rings is 1. The normalized spacial score (nSPS) is 18.5. The van der Waals surface area contributed by atoms with Crippen molar-refractivity contribution >= 4 is 22.5 Å². The quantitative estimate of drug-likeness (QED) is 0.436. The molecule has 35 heavy (non-hydrogen) atoms. The van der Waals surface area contributed by atoms with Gasteiger partial charge in [-0.15, -0.1) is 0 Å². The smallest absolute Gasteiger partial charge is 0.158 e. The van der Waals surface area contributed by atoms with E-state index in [1.807, 2.05) is 4.52 Å². The molecule has 2 aliphatic heterocycles. The molecule has 7 nitrogen and oxygen atoms in total. The monoisotopic (exact) mass is 471 g/mol. The first-order valence-electron chi connectivity index (χ1n) is 13.1. The standard InChI is InChI=1S/C28H37N7/c1-17(2)24-25(21-13-35-27(29-16-30-35)20(6)19(21)5)31-22-7-8-23(32-26(22)24)34-14-28(15-34)9-11-33(12-10-28)18(3)4/h7-8,13,16-18,31H,9-12,14-15H2,1-6H3. The number of hydrogen-bond donors (Lipinski definition) is 1. The van der Waals surface area contributed by atoms with Crippen molar-refractivity contribution < 1.29 is 0 Å². The number of nitrogens with zero attached hydrogens (tertiary/aromatic N) is 6. The van der Waals surface area contributed by atoms with E-state index in [0.29, 0.717) is 17.4 Å². The summed E-state index contributed by atoms with van der Waals surface area (Å²) in [5.74, 6) is 1.46. The third-order valence-electron chi connectivity index (χ3n) is 8.60. The van der Waals surface area contributed by atoms with Crippen LogP contribution in [0.2, 0.25) is 0 Å². The molecule has 2 fully saturated rings. The van der Waals surface area contributed by atoms with Crippen LogP contribution in [0.5, 0.6) is 0 Å². The molecule has 7 heteroatoms. The zero-order valence-electron chi connectivity index (χ0n) is 21.9. The van der Waals surface area contributed by atoms with Crippen LogP contribution < -0.4 is 4.90 Å². The maximum Gasteiger partial charge on any atom is 0.158 e. The lowest BCUT2D eigenvalue weighted by atomic mass is 9.72. The Morgan fingerprint density at radius 3 is 2.43 bits per heavy atom. The van der Waals surface area contributed by atoms with Gasteiger partial charge in [0.2, 0.25) is 0 Å². The van der Waals surface area contributed by atoms with Crippen molar-refractivity contribution in [1.29, 1.82) is 0 Å². The Labute approximate surface area is 207 Å². The molecule has 0 amide bonds. The van der Waals surface area contributed by atoms with Crippen molar-refractivity contribution in [3.63, 3.8) is 0 Å². The van der Waals surface area contributed by atoms with E-state index < -0.39 is 0 Å². The highest BCUT2D eigenvalue weighted by Crippen LogP contribution is 2.44. The van der Waals surface area contributed by atoms with Crippen molar-refractivity contribution in [3.8, 4) is 11.3 Å². The first-order valence-corrected chi connectivity index (χ1v) is 13.1. The Balaban J connectivity index is 1.34. The Bertz CT molecular complexity index is 1390. The second-order valence-corrected chi connectivity index (χ2v) is 11.4. The van der Waals surface area contributed by atoms with E-state index in [4.69, 9.17) is 4.98 Å². The van der Waals surface area contributed by atoms with Gasteiger partial charge in [0.15, 0.2) is 5.65 Å². The Morgan fingerprint density at radius 2 is 1.74 bits per heavy atom. The summed E-state index contributed by atoms with van der Waals surface area (Å²) in [4.78, 5) is 18.5. The number of hydrogen-bond acceptors (Lipinski definition) is 5. The fourth-order valence-electron chi connectivity index (χ4n) is 6.24. The summed E-state index contributed by atoms with van der Waals surface area (Å²) in [6.45, 7) is 18.2. The molecule has 1 spiro atoms. The lowest BCUT2D eigenvalue weighted by Gasteiger charge is -2.55. The Morgan fingerprint density at radius 1 is 1.00 bits per heavy atom. The summed E-state index contributed by atoms with van der Waals surface area (Å²) < 4.78 is 1.89. The van der Waals surface area contributed by atoms with E-state index in [9.17, 15) is 0 Å². The number of nitrogens with one attached hydrogen (secondary N) is 1. The number of rotatable bonds is 4. The van der Waals surface area contributed by atoms with Gasteiger partial charge in [0.1, 0.15) is 12.1 Å². The van der Waals surface area contributed by atoms with Gasteiger partial charge in [-0.25, -0.2) is 14.5 Å². The molecule has 0 bridgehead atoms. The fraction of sp³-hybridized carbons (Fsp3) is 0.536. The molecule has 0 atom stereocenters. The molecule has 4 aromatic rings. The molecule has 6 heterocycles. The topological polar surface area (TPSA) is 65.4 Å². The summed E-state index contributed by atoms with van der Waals surface area (Å²) in [5.41, 5.74) is 9.59. The number of aryl methyl sites for hydroxylation is 1. The Kier molecular flexibility index (Phi) is 5.18. The van der Waals surface area contributed by atoms with Gasteiger partial charge in [-0.3, -0.25) is 0 Å². The van der Waals surface area contributed by atoms with Gasteiger partial charge < -0.3 is 14.8 Å². The zero-order chi connectivity index (χ0) is 24.5. The molecule has 0 aromatic carbocycles. The maximum atomic E-state index is 5.24. The zero-order valence-corrected chi connectivity index (χ0v) is 21.9. The highest BCUT2D eigenvalue weighted by Gasteiger charge is 2.45. The second kappa shape index (κ2) is 8.05. The molecule has 0 unspecified atom stereocenters. The van der Waals surface area contributed by atoms with Gasteiger partial charge in [0.05, 0.1) is 16.7 Å². The number of aromatic amines is 1. The number of likely N-dealkylation sites (tertiary alicyclic amines) is 1. The highest BCUT2D eigenvalue weighted by atomic mass is 15.3. The number of H-pyrrole nitrogens is 1. The lowest BCUT2D eigenvalue weighted by molar-refractivity contribution is 0.0597. The van der Waals surface area contributed by atoms with Gasteiger partial charge in [0.25, 0.3) is 0 Å². The van der Waals surface area contributed by atoms with Gasteiger partial charge >= 0.3 is 0 Å². The van der Waals surface area contributed by atoms with Crippen molar-refractivity contribution in [2.24, 2.45) is 5.41 Å². The summed E-state index contributed by atoms with van der Waals surface area (Å²) in [6.07, 6.45) is 6.34. The van der Waals surface area contributed by atoms with E-state index in [2.05, 4.69) is 84.7 Å². The molecule has 1 N–H and O–H groups in total. The number of pyridine rings is 2. The van der Waals surface area contributed by atoms with Gasteiger partial charge in [-0.2, -0.15) is 5.10 Å². The van der Waals surface area contributed by atoms with Gasteiger partial charge in [-0.1, -0.05) is 13.8 Å². The molecule has 0 aliphatic carbocycles. The van der Waals surface area contributed by atoms with Crippen LogP contribution in [-0.2, 0) is 0 Å². The minimum absolute atomic E-state index is 0.343. The molecule has 4 aromatic heterocycles. The third-order valence-corrected chi connectivity index (χ3v) is 8.60. The van der Waals surface area contributed by atoms with E-state index in [1.54, 1.807) is 6.33 Å². The molecule has 2 saturated heterocycles. The predicted molar refractivity (Wildman–Crippen MR) is 142 cm³/mol. The van der Waals surface area contributed by atoms with Crippen LogP contribution in [0.3, 0.4) is 0 Å². The third kappa shape index (κ3) is 3.54. The SMILES string of the molecule is Cc1c(-c2[nH]c3ccc(N4CC5(CCN(C(C)C)CC5)C4)nc3c2C(C)C)cn2ncnc2c1C. The minimum Gasteiger partial charge on any atom is -0.355 e. The van der Waals surface area contributed by atoms with E-state index in [-0.39, 0.29) is 0 Å². The van der Waals surface area contributed by atoms with Crippen LogP contribution in [0.1, 0.15) is 63.1 Å². The predicted octanol–water partition coefficient (Wildman–Crippen LogP) is 5.32. The average Bonchev–Trinajstić information content (AvgIpc) is 3.44. The average molecular weight is 472 g/mol. The van der Waals surface area contributed by atoms with Crippen molar-refractivity contribution in [2.75, 3.05) is 31.1 Å². The first kappa shape index (κ1) is 22.5. The maximum absolute atomic E-state index is 5.24. The molecule has 0 radical (unpaired) electrons. The highest BCUT2D eigenvalue weighted by molar-refractivity contribution is 5.90. The number of anilines is 1. The van der Waals surface area contributed by atoms with E-state index >= 15 is 0 Å². The Hall–Kier alpha value is -2.93. The summed E-state index contributed by atoms with van der Waals surface area (Å²) >= 11 is 0. The largest absolute Gasteiger partial charge is 0.355 e. The summed E-state index contributed by atoms with van der Waals surface area (Å²) in [6, 6.07) is 5.07. The van der Waals surface area contributed by atoms with Gasteiger partial charge in [0, 0.05) is 41.9 Å². The number of aromatic nitrogens is 5. The van der Waals surface area contributed by atoms with Crippen molar-refractivity contribution in [1.82, 2.24) is 29.5 Å². The van der Waals surface area contributed by atoms with Crippen LogP contribution in [0, 0.1) is 19.3 Å². The van der Waals surface area contributed by atoms with E-state index in [0.717, 1.165) is 46.8 Å². The summed E-state index contributed by atoms with van der Waals surface area (Å²) in [7, 11) is 0. The van der Waals surface area contributed by atoms with Crippen molar-refractivity contribution in [2.45, 2.75) is 66.3 Å². The summed E-state index contributed by atoms with van der Waals surface area (Å²) in [5, 5.41) is 4.41. The molecule has 2 aliphatic rings. The van der Waals surface area contributed by atoms with E-state index in [1.165, 1.54) is 42.6 Å². The van der Waals surface area contributed by atoms with Crippen LogP contribution in [-0.4, -0.2) is 61.7 Å². The molecule has 6 rings (SSSR count). The molecular weight excluding hydrogens is 434 g/mol. The molecule has 184 valence electrons.